The number of aromatic nitrogens is 1. The van der Waals surface area contributed by atoms with Gasteiger partial charge in [0.2, 0.25) is 0 Å². The molecule has 0 aliphatic carbocycles. The number of ether oxygens (including phenoxy) is 1. The molecular weight excluding hydrogens is 282 g/mol. The third-order valence-corrected chi connectivity index (χ3v) is 3.90. The molecule has 0 saturated heterocycles. The van der Waals surface area contributed by atoms with Gasteiger partial charge in [-0.15, -0.1) is 0 Å². The molecule has 0 unspecified atom stereocenters. The average Bonchev–Trinajstić information content (AvgIpc) is 2.63. The SMILES string of the molecule is CCOc1ccc(-c2ccc(-c3ccc(CC)nc3)cc2)cc1. The molecule has 3 rings (SSSR count). The predicted molar refractivity (Wildman–Crippen MR) is 95.7 cm³/mol. The van der Waals surface area contributed by atoms with E-state index in [-0.39, 0.29) is 0 Å². The van der Waals surface area contributed by atoms with Crippen LogP contribution >= 0.6 is 0 Å². The minimum Gasteiger partial charge on any atom is -0.494 e. The second-order valence-electron chi connectivity index (χ2n) is 5.43. The molecule has 0 radical (unpaired) electrons. The predicted octanol–water partition coefficient (Wildman–Crippen LogP) is 5.38. The Morgan fingerprint density at radius 2 is 1.22 bits per heavy atom. The minimum atomic E-state index is 0.693. The molecule has 1 aromatic heterocycles. The monoisotopic (exact) mass is 303 g/mol. The molecule has 0 spiro atoms. The molecule has 3 aromatic rings. The van der Waals surface area contributed by atoms with Crippen molar-refractivity contribution in [1.29, 1.82) is 0 Å². The number of rotatable bonds is 5. The standard InChI is InChI=1S/C21H21NO/c1-3-20-12-9-19(15-22-20)18-7-5-16(6-8-18)17-10-13-21(14-11-17)23-4-2/h5-15H,3-4H2,1-2H3. The molecule has 0 amide bonds. The van der Waals surface area contributed by atoms with Crippen LogP contribution in [-0.2, 0) is 6.42 Å². The minimum absolute atomic E-state index is 0.693. The summed E-state index contributed by atoms with van der Waals surface area (Å²) in [5.41, 5.74) is 5.87. The summed E-state index contributed by atoms with van der Waals surface area (Å²) < 4.78 is 5.49. The quantitative estimate of drug-likeness (QED) is 0.631. The van der Waals surface area contributed by atoms with Crippen molar-refractivity contribution in [2.24, 2.45) is 0 Å². The van der Waals surface area contributed by atoms with Gasteiger partial charge in [0.25, 0.3) is 0 Å². The fourth-order valence-electron chi connectivity index (χ4n) is 2.57. The van der Waals surface area contributed by atoms with Crippen molar-refractivity contribution in [3.63, 3.8) is 0 Å². The molecule has 0 N–H and O–H groups in total. The summed E-state index contributed by atoms with van der Waals surface area (Å²) in [5.74, 6) is 0.912. The molecular formula is C21H21NO. The Labute approximate surface area is 137 Å². The van der Waals surface area contributed by atoms with E-state index >= 15 is 0 Å². The number of aryl methyl sites for hydroxylation is 1. The van der Waals surface area contributed by atoms with E-state index in [1.807, 2.05) is 25.3 Å². The summed E-state index contributed by atoms with van der Waals surface area (Å²) in [6.07, 6.45) is 2.92. The maximum absolute atomic E-state index is 5.49. The fraction of sp³-hybridized carbons (Fsp3) is 0.190. The molecule has 2 nitrogen and oxygen atoms in total. The van der Waals surface area contributed by atoms with Crippen LogP contribution in [0.15, 0.2) is 66.9 Å². The van der Waals surface area contributed by atoms with Crippen molar-refractivity contribution in [1.82, 2.24) is 4.98 Å². The topological polar surface area (TPSA) is 22.1 Å². The van der Waals surface area contributed by atoms with E-state index in [4.69, 9.17) is 4.74 Å². The van der Waals surface area contributed by atoms with Gasteiger partial charge in [0.1, 0.15) is 5.75 Å². The van der Waals surface area contributed by atoms with Crippen LogP contribution in [0.5, 0.6) is 5.75 Å². The van der Waals surface area contributed by atoms with Gasteiger partial charge in [-0.3, -0.25) is 4.98 Å². The summed E-state index contributed by atoms with van der Waals surface area (Å²) >= 11 is 0. The van der Waals surface area contributed by atoms with Crippen LogP contribution in [0.3, 0.4) is 0 Å². The maximum atomic E-state index is 5.49. The zero-order valence-electron chi connectivity index (χ0n) is 13.6. The van der Waals surface area contributed by atoms with Crippen LogP contribution < -0.4 is 4.74 Å². The first-order valence-electron chi connectivity index (χ1n) is 8.08. The molecule has 23 heavy (non-hydrogen) atoms. The van der Waals surface area contributed by atoms with Gasteiger partial charge in [0.05, 0.1) is 6.61 Å². The Bertz CT molecular complexity index is 743. The van der Waals surface area contributed by atoms with Gasteiger partial charge in [0, 0.05) is 17.5 Å². The van der Waals surface area contributed by atoms with Crippen LogP contribution in [-0.4, -0.2) is 11.6 Å². The summed E-state index contributed by atoms with van der Waals surface area (Å²) in [4.78, 5) is 4.47. The lowest BCUT2D eigenvalue weighted by molar-refractivity contribution is 0.340. The van der Waals surface area contributed by atoms with Crippen molar-refractivity contribution in [3.05, 3.63) is 72.6 Å². The maximum Gasteiger partial charge on any atom is 0.119 e. The Balaban J connectivity index is 1.80. The second-order valence-corrected chi connectivity index (χ2v) is 5.43. The number of nitrogens with zero attached hydrogens (tertiary/aromatic N) is 1. The Morgan fingerprint density at radius 3 is 1.70 bits per heavy atom. The second kappa shape index (κ2) is 7.10. The first-order chi connectivity index (χ1) is 11.3. The van der Waals surface area contributed by atoms with E-state index in [0.29, 0.717) is 6.61 Å². The largest absolute Gasteiger partial charge is 0.494 e. The number of hydrogen-bond donors (Lipinski definition) is 0. The zero-order valence-corrected chi connectivity index (χ0v) is 13.6. The van der Waals surface area contributed by atoms with Gasteiger partial charge in [0.15, 0.2) is 0 Å². The number of hydrogen-bond acceptors (Lipinski definition) is 2. The highest BCUT2D eigenvalue weighted by Gasteiger charge is 2.02. The first-order valence-corrected chi connectivity index (χ1v) is 8.08. The van der Waals surface area contributed by atoms with E-state index in [9.17, 15) is 0 Å². The molecule has 2 aromatic carbocycles. The van der Waals surface area contributed by atoms with E-state index in [2.05, 4.69) is 60.4 Å². The fourth-order valence-corrected chi connectivity index (χ4v) is 2.57. The van der Waals surface area contributed by atoms with Gasteiger partial charge < -0.3 is 4.74 Å². The van der Waals surface area contributed by atoms with Crippen LogP contribution in [0.2, 0.25) is 0 Å². The molecule has 0 aliphatic rings. The van der Waals surface area contributed by atoms with Crippen LogP contribution in [0, 0.1) is 0 Å². The van der Waals surface area contributed by atoms with Crippen molar-refractivity contribution in [2.45, 2.75) is 20.3 Å². The third kappa shape index (κ3) is 3.59. The number of pyridine rings is 1. The highest BCUT2D eigenvalue weighted by Crippen LogP contribution is 2.26. The van der Waals surface area contributed by atoms with Gasteiger partial charge >= 0.3 is 0 Å². The molecule has 0 fully saturated rings. The van der Waals surface area contributed by atoms with Crippen molar-refractivity contribution in [3.8, 4) is 28.0 Å². The molecule has 0 saturated carbocycles. The van der Waals surface area contributed by atoms with Gasteiger partial charge in [-0.2, -0.15) is 0 Å². The Hall–Kier alpha value is -2.61. The average molecular weight is 303 g/mol. The molecule has 1 heterocycles. The Kier molecular flexibility index (Phi) is 4.72. The van der Waals surface area contributed by atoms with Crippen LogP contribution in [0.4, 0.5) is 0 Å². The molecule has 0 bridgehead atoms. The summed E-state index contributed by atoms with van der Waals surface area (Å²) in [7, 11) is 0. The highest BCUT2D eigenvalue weighted by molar-refractivity contribution is 5.70. The van der Waals surface area contributed by atoms with E-state index in [1.54, 1.807) is 0 Å². The summed E-state index contributed by atoms with van der Waals surface area (Å²) in [5, 5.41) is 0. The van der Waals surface area contributed by atoms with Crippen molar-refractivity contribution < 1.29 is 4.74 Å². The Morgan fingerprint density at radius 1 is 0.696 bits per heavy atom. The lowest BCUT2D eigenvalue weighted by Crippen LogP contribution is -1.90. The van der Waals surface area contributed by atoms with Gasteiger partial charge in [-0.1, -0.05) is 49.4 Å². The smallest absolute Gasteiger partial charge is 0.119 e. The number of benzene rings is 2. The third-order valence-electron chi connectivity index (χ3n) is 3.90. The lowest BCUT2D eigenvalue weighted by atomic mass is 10.0. The van der Waals surface area contributed by atoms with E-state index < -0.39 is 0 Å². The first kappa shape index (κ1) is 15.3. The highest BCUT2D eigenvalue weighted by atomic mass is 16.5. The summed E-state index contributed by atoms with van der Waals surface area (Å²) in [6.45, 7) is 4.81. The molecule has 0 atom stereocenters. The molecule has 116 valence electrons. The van der Waals surface area contributed by atoms with Gasteiger partial charge in [-0.05, 0) is 48.2 Å². The van der Waals surface area contributed by atoms with Gasteiger partial charge in [-0.25, -0.2) is 0 Å². The van der Waals surface area contributed by atoms with E-state index in [0.717, 1.165) is 23.4 Å². The van der Waals surface area contributed by atoms with Crippen LogP contribution in [0.25, 0.3) is 22.3 Å². The van der Waals surface area contributed by atoms with Crippen molar-refractivity contribution in [2.75, 3.05) is 6.61 Å². The molecule has 0 aliphatic heterocycles. The lowest BCUT2D eigenvalue weighted by Gasteiger charge is -2.07. The molecule has 2 heteroatoms. The zero-order chi connectivity index (χ0) is 16.1. The van der Waals surface area contributed by atoms with Crippen molar-refractivity contribution >= 4 is 0 Å². The van der Waals surface area contributed by atoms with E-state index in [1.165, 1.54) is 16.7 Å². The van der Waals surface area contributed by atoms with Crippen LogP contribution in [0.1, 0.15) is 19.5 Å². The normalized spacial score (nSPS) is 10.5. The summed E-state index contributed by atoms with van der Waals surface area (Å²) in [6, 6.07) is 21.0.